The summed E-state index contributed by atoms with van der Waals surface area (Å²) in [5.41, 5.74) is 1.57. The largest absolute Gasteiger partial charge is 0.463 e. The van der Waals surface area contributed by atoms with Crippen LogP contribution < -0.4 is 10.6 Å². The number of benzene rings is 1. The first-order valence-electron chi connectivity index (χ1n) is 9.46. The molecule has 2 atom stereocenters. The van der Waals surface area contributed by atoms with Crippen LogP contribution in [-0.2, 0) is 9.53 Å². The molecule has 1 aromatic rings. The molecule has 2 aliphatic rings. The second-order valence-electron chi connectivity index (χ2n) is 7.01. The fraction of sp³-hybridized carbons (Fsp3) is 0.500. The van der Waals surface area contributed by atoms with Crippen molar-refractivity contribution in [2.75, 3.05) is 19.7 Å². The zero-order chi connectivity index (χ0) is 19.4. The zero-order valence-corrected chi connectivity index (χ0v) is 15.8. The van der Waals surface area contributed by atoms with E-state index >= 15 is 0 Å². The van der Waals surface area contributed by atoms with E-state index in [2.05, 4.69) is 22.5 Å². The van der Waals surface area contributed by atoms with E-state index in [0.29, 0.717) is 29.4 Å². The number of halogens is 1. The van der Waals surface area contributed by atoms with Crippen LogP contribution in [0.2, 0.25) is 0 Å². The molecule has 3 rings (SSSR count). The van der Waals surface area contributed by atoms with Crippen LogP contribution in [0.25, 0.3) is 0 Å². The maximum absolute atomic E-state index is 13.3. The molecule has 7 heteroatoms. The number of carbonyl (C=O) groups excluding carboxylic acids is 2. The molecular formula is C20H26FN3O3. The van der Waals surface area contributed by atoms with Gasteiger partial charge in [0.1, 0.15) is 5.82 Å². The van der Waals surface area contributed by atoms with E-state index in [1.807, 2.05) is 0 Å². The molecule has 2 N–H and O–H groups in total. The topological polar surface area (TPSA) is 70.7 Å². The maximum Gasteiger partial charge on any atom is 0.338 e. The third kappa shape index (κ3) is 4.47. The van der Waals surface area contributed by atoms with Crippen molar-refractivity contribution < 1.29 is 18.7 Å². The molecule has 1 saturated heterocycles. The van der Waals surface area contributed by atoms with Gasteiger partial charge < -0.3 is 15.4 Å². The number of hydrogen-bond acceptors (Lipinski definition) is 4. The van der Waals surface area contributed by atoms with Gasteiger partial charge in [0.05, 0.1) is 18.2 Å². The van der Waals surface area contributed by atoms with Crippen LogP contribution in [0, 0.1) is 5.82 Å². The van der Waals surface area contributed by atoms with Crippen LogP contribution in [0.3, 0.4) is 0 Å². The first-order chi connectivity index (χ1) is 13.0. The van der Waals surface area contributed by atoms with Crippen molar-refractivity contribution in [3.05, 3.63) is 46.9 Å². The predicted molar refractivity (Wildman–Crippen MR) is 99.4 cm³/mol. The first kappa shape index (κ1) is 19.4. The van der Waals surface area contributed by atoms with Crippen LogP contribution in [0.1, 0.15) is 44.7 Å². The van der Waals surface area contributed by atoms with Gasteiger partial charge >= 0.3 is 12.0 Å². The number of carbonyl (C=O) groups is 2. The van der Waals surface area contributed by atoms with Crippen LogP contribution in [0.4, 0.5) is 9.18 Å². The molecule has 27 heavy (non-hydrogen) atoms. The Balaban J connectivity index is 1.98. The van der Waals surface area contributed by atoms with Gasteiger partial charge in [-0.1, -0.05) is 18.6 Å². The second kappa shape index (κ2) is 8.52. The van der Waals surface area contributed by atoms with Gasteiger partial charge in [-0.2, -0.15) is 0 Å². The molecule has 0 aromatic heterocycles. The summed E-state index contributed by atoms with van der Waals surface area (Å²) < 4.78 is 18.6. The molecule has 6 nitrogen and oxygen atoms in total. The Hall–Kier alpha value is -2.41. The Labute approximate surface area is 158 Å². The first-order valence-corrected chi connectivity index (χ1v) is 9.46. The molecule has 2 aliphatic heterocycles. The number of esters is 1. The molecule has 0 radical (unpaired) electrons. The van der Waals surface area contributed by atoms with Gasteiger partial charge in [-0.25, -0.2) is 14.0 Å². The third-order valence-corrected chi connectivity index (χ3v) is 5.15. The van der Waals surface area contributed by atoms with Crippen molar-refractivity contribution in [3.63, 3.8) is 0 Å². The average Bonchev–Trinajstić information content (AvgIpc) is 2.64. The van der Waals surface area contributed by atoms with Crippen molar-refractivity contribution in [1.29, 1.82) is 0 Å². The number of urea groups is 1. The van der Waals surface area contributed by atoms with Crippen LogP contribution >= 0.6 is 0 Å². The summed E-state index contributed by atoms with van der Waals surface area (Å²) in [6.45, 7) is 5.53. The molecule has 2 heterocycles. The van der Waals surface area contributed by atoms with Gasteiger partial charge in [-0.05, 0) is 50.9 Å². The standard InChI is InChI=1S/C20H26FN3O3/c1-3-27-19(25)17-16(12-24-11-5-4-6-13(24)2)22-20(26)23-18(17)14-7-9-15(21)10-8-14/h7-10,13,18H,3-6,11-12H2,1-2H3,(H2,22,23,26)/t13-,18+/m1/s1. The second-order valence-corrected chi connectivity index (χ2v) is 7.01. The van der Waals surface area contributed by atoms with Gasteiger partial charge in [0.2, 0.25) is 0 Å². The number of ether oxygens (including phenoxy) is 1. The fourth-order valence-electron chi connectivity index (χ4n) is 3.69. The average molecular weight is 375 g/mol. The molecule has 0 spiro atoms. The van der Waals surface area contributed by atoms with Crippen LogP contribution in [0.15, 0.2) is 35.5 Å². The summed E-state index contributed by atoms with van der Waals surface area (Å²) in [7, 11) is 0. The maximum atomic E-state index is 13.3. The van der Waals surface area contributed by atoms with Crippen LogP contribution in [0.5, 0.6) is 0 Å². The lowest BCUT2D eigenvalue weighted by Gasteiger charge is -2.36. The number of hydrogen-bond donors (Lipinski definition) is 2. The van der Waals surface area contributed by atoms with E-state index in [1.54, 1.807) is 19.1 Å². The highest BCUT2D eigenvalue weighted by Crippen LogP contribution is 2.29. The lowest BCUT2D eigenvalue weighted by Crippen LogP contribution is -2.50. The minimum Gasteiger partial charge on any atom is -0.463 e. The summed E-state index contributed by atoms with van der Waals surface area (Å²) in [4.78, 5) is 27.3. The molecule has 2 amide bonds. The summed E-state index contributed by atoms with van der Waals surface area (Å²) >= 11 is 0. The normalized spacial score (nSPS) is 23.6. The molecular weight excluding hydrogens is 349 g/mol. The SMILES string of the molecule is CCOC(=O)C1=C(CN2CCCC[C@H]2C)NC(=O)N[C@H]1c1ccc(F)cc1. The highest BCUT2D eigenvalue weighted by atomic mass is 19.1. The van der Waals surface area contributed by atoms with Gasteiger partial charge in [-0.3, -0.25) is 4.90 Å². The molecule has 146 valence electrons. The zero-order valence-electron chi connectivity index (χ0n) is 15.8. The van der Waals surface area contributed by atoms with Gasteiger partial charge in [-0.15, -0.1) is 0 Å². The Morgan fingerprint density at radius 3 is 2.70 bits per heavy atom. The van der Waals surface area contributed by atoms with E-state index in [9.17, 15) is 14.0 Å². The Bertz CT molecular complexity index is 732. The van der Waals surface area contributed by atoms with Gasteiger partial charge in [0.15, 0.2) is 0 Å². The number of piperidine rings is 1. The summed E-state index contributed by atoms with van der Waals surface area (Å²) in [6.07, 6.45) is 3.38. The van der Waals surface area contributed by atoms with E-state index in [0.717, 1.165) is 19.4 Å². The molecule has 0 bridgehead atoms. The molecule has 1 fully saturated rings. The summed E-state index contributed by atoms with van der Waals surface area (Å²) in [6, 6.07) is 5.12. The van der Waals surface area contributed by atoms with E-state index in [4.69, 9.17) is 4.74 Å². The van der Waals surface area contributed by atoms with Crippen molar-refractivity contribution in [3.8, 4) is 0 Å². The highest BCUT2D eigenvalue weighted by Gasteiger charge is 2.35. The number of amides is 2. The van der Waals surface area contributed by atoms with Gasteiger partial charge in [0, 0.05) is 18.3 Å². The lowest BCUT2D eigenvalue weighted by molar-refractivity contribution is -0.139. The summed E-state index contributed by atoms with van der Waals surface area (Å²) in [5, 5.41) is 5.57. The lowest BCUT2D eigenvalue weighted by atomic mass is 9.94. The number of likely N-dealkylation sites (tertiary alicyclic amines) is 1. The van der Waals surface area contributed by atoms with E-state index in [-0.39, 0.29) is 18.5 Å². The highest BCUT2D eigenvalue weighted by molar-refractivity contribution is 5.95. The number of nitrogens with zero attached hydrogens (tertiary/aromatic N) is 1. The molecule has 0 saturated carbocycles. The monoisotopic (exact) mass is 375 g/mol. The predicted octanol–water partition coefficient (Wildman–Crippen LogP) is 2.87. The van der Waals surface area contributed by atoms with Crippen LogP contribution in [-0.4, -0.2) is 42.6 Å². The fourth-order valence-corrected chi connectivity index (χ4v) is 3.69. The van der Waals surface area contributed by atoms with Crippen molar-refractivity contribution in [2.45, 2.75) is 45.2 Å². The van der Waals surface area contributed by atoms with Crippen molar-refractivity contribution in [2.24, 2.45) is 0 Å². The molecule has 0 unspecified atom stereocenters. The Morgan fingerprint density at radius 2 is 2.04 bits per heavy atom. The quantitative estimate of drug-likeness (QED) is 0.777. The third-order valence-electron chi connectivity index (χ3n) is 5.15. The van der Waals surface area contributed by atoms with Crippen molar-refractivity contribution >= 4 is 12.0 Å². The van der Waals surface area contributed by atoms with E-state index < -0.39 is 12.0 Å². The molecule has 1 aromatic carbocycles. The van der Waals surface area contributed by atoms with Gasteiger partial charge in [0.25, 0.3) is 0 Å². The minimum atomic E-state index is -0.673. The van der Waals surface area contributed by atoms with E-state index in [1.165, 1.54) is 18.6 Å². The summed E-state index contributed by atoms with van der Waals surface area (Å²) in [5.74, 6) is -0.845. The van der Waals surface area contributed by atoms with Crippen molar-refractivity contribution in [1.82, 2.24) is 15.5 Å². The number of nitrogens with one attached hydrogen (secondary N) is 2. The smallest absolute Gasteiger partial charge is 0.338 e. The Kier molecular flexibility index (Phi) is 6.11. The number of rotatable bonds is 5. The Morgan fingerprint density at radius 1 is 1.30 bits per heavy atom. The minimum absolute atomic E-state index is 0.236. The molecule has 0 aliphatic carbocycles.